The topological polar surface area (TPSA) is 171 Å². The van der Waals surface area contributed by atoms with Crippen molar-refractivity contribution in [3.63, 3.8) is 0 Å². The van der Waals surface area contributed by atoms with Gasteiger partial charge in [-0.1, -0.05) is 5.04 Å². The van der Waals surface area contributed by atoms with Crippen molar-refractivity contribution < 1.29 is 37.2 Å². The molecule has 0 bridgehead atoms. The van der Waals surface area contributed by atoms with Gasteiger partial charge in [0.15, 0.2) is 0 Å². The summed E-state index contributed by atoms with van der Waals surface area (Å²) in [6.07, 6.45) is 0. The quantitative estimate of drug-likeness (QED) is 0.148. The molecule has 0 saturated heterocycles. The molecule has 1 heterocycles. The number of fused-ring (bicyclic) bond motifs is 4. The zero-order valence-corrected chi connectivity index (χ0v) is 17.3. The SMILES string of the molecule is NOC(=O)c1cc2c3c(cc(S(=O)(=O)O)cc3c1)-c1nc3ccc(SOOO)cc3nc1-2. The lowest BCUT2D eigenvalue weighted by Crippen LogP contribution is -2.10. The number of nitrogens with zero attached hydrogens (tertiary/aromatic N) is 2. The molecule has 1 aromatic heterocycles. The Bertz CT molecular complexity index is 1560. The molecule has 11 nitrogen and oxygen atoms in total. The first-order chi connectivity index (χ1) is 15.3. The third-order valence-electron chi connectivity index (χ3n) is 4.97. The van der Waals surface area contributed by atoms with Crippen LogP contribution in [0.1, 0.15) is 10.4 Å². The fourth-order valence-electron chi connectivity index (χ4n) is 3.71. The lowest BCUT2D eigenvalue weighted by Gasteiger charge is -2.07. The highest BCUT2D eigenvalue weighted by atomic mass is 32.2. The van der Waals surface area contributed by atoms with Crippen molar-refractivity contribution in [3.05, 3.63) is 48.0 Å². The molecule has 0 aliphatic heterocycles. The van der Waals surface area contributed by atoms with E-state index in [2.05, 4.69) is 24.2 Å². The van der Waals surface area contributed by atoms with Gasteiger partial charge in [-0.2, -0.15) is 14.3 Å². The molecule has 4 aromatic rings. The minimum absolute atomic E-state index is 0.0704. The highest BCUT2D eigenvalue weighted by Gasteiger charge is 2.29. The van der Waals surface area contributed by atoms with Gasteiger partial charge in [0.1, 0.15) is 0 Å². The number of benzene rings is 3. The maximum absolute atomic E-state index is 12.1. The molecule has 1 aliphatic carbocycles. The standard InChI is InChI=1S/C19H11N3O8S2/c20-28-19(23)9-3-8-4-11(32(25,26)27)7-13-16(8)12(5-9)17-18(13)21-14-2-1-10(31-30-29-24)6-15(14)22-17/h1-7,24H,20H2,(H,25,26,27). The Labute approximate surface area is 183 Å². The monoisotopic (exact) mass is 473 g/mol. The number of aromatic nitrogens is 2. The molecule has 162 valence electrons. The van der Waals surface area contributed by atoms with Gasteiger partial charge in [0.2, 0.25) is 0 Å². The second kappa shape index (κ2) is 7.46. The van der Waals surface area contributed by atoms with Crippen LogP contribution in [0, 0.1) is 0 Å². The van der Waals surface area contributed by atoms with E-state index < -0.39 is 16.1 Å². The van der Waals surface area contributed by atoms with E-state index in [1.54, 1.807) is 18.2 Å². The molecule has 0 spiro atoms. The molecule has 0 unspecified atom stereocenters. The van der Waals surface area contributed by atoms with E-state index in [4.69, 9.17) is 11.2 Å². The molecular weight excluding hydrogens is 462 g/mol. The Kier molecular flexibility index (Phi) is 4.83. The number of carbonyl (C=O) groups excluding carboxylic acids is 1. The third kappa shape index (κ3) is 3.28. The maximum Gasteiger partial charge on any atom is 0.356 e. The number of nitrogens with two attached hydrogens (primary N) is 1. The summed E-state index contributed by atoms with van der Waals surface area (Å²) in [6.45, 7) is 0. The molecule has 3 aromatic carbocycles. The molecule has 5 rings (SSSR count). The molecule has 0 atom stereocenters. The van der Waals surface area contributed by atoms with Crippen LogP contribution < -0.4 is 5.90 Å². The fraction of sp³-hybridized carbons (Fsp3) is 0. The van der Waals surface area contributed by atoms with E-state index in [9.17, 15) is 17.8 Å². The van der Waals surface area contributed by atoms with Crippen LogP contribution in [0.5, 0.6) is 0 Å². The van der Waals surface area contributed by atoms with Crippen LogP contribution >= 0.6 is 12.0 Å². The van der Waals surface area contributed by atoms with Crippen molar-refractivity contribution in [2.75, 3.05) is 0 Å². The molecule has 0 radical (unpaired) electrons. The molecular formula is C19H11N3O8S2. The molecule has 4 N–H and O–H groups in total. The third-order valence-corrected chi connectivity index (χ3v) is 6.38. The van der Waals surface area contributed by atoms with Crippen LogP contribution in [-0.2, 0) is 24.3 Å². The first kappa shape index (κ1) is 20.7. The number of hydrogen-bond donors (Lipinski definition) is 3. The number of carbonyl (C=O) groups is 1. The maximum atomic E-state index is 12.1. The van der Waals surface area contributed by atoms with E-state index in [0.717, 1.165) is 12.0 Å². The van der Waals surface area contributed by atoms with E-state index in [0.29, 0.717) is 49.2 Å². The highest BCUT2D eigenvalue weighted by Crippen LogP contribution is 2.47. The zero-order valence-electron chi connectivity index (χ0n) is 15.7. The van der Waals surface area contributed by atoms with Gasteiger partial charge in [-0.25, -0.2) is 20.0 Å². The van der Waals surface area contributed by atoms with Crippen molar-refractivity contribution in [1.29, 1.82) is 0 Å². The van der Waals surface area contributed by atoms with Gasteiger partial charge in [-0.15, -0.1) is 4.33 Å². The van der Waals surface area contributed by atoms with Crippen molar-refractivity contribution in [3.8, 4) is 22.5 Å². The van der Waals surface area contributed by atoms with Gasteiger partial charge < -0.3 is 4.84 Å². The fourth-order valence-corrected chi connectivity index (χ4v) is 4.65. The van der Waals surface area contributed by atoms with Gasteiger partial charge in [-0.05, 0) is 47.9 Å². The summed E-state index contributed by atoms with van der Waals surface area (Å²) in [6, 6.07) is 10.5. The van der Waals surface area contributed by atoms with Crippen LogP contribution in [0.25, 0.3) is 44.3 Å². The summed E-state index contributed by atoms with van der Waals surface area (Å²) in [5.41, 5.74) is 2.79. The second-order valence-electron chi connectivity index (χ2n) is 6.77. The minimum Gasteiger partial charge on any atom is -0.370 e. The van der Waals surface area contributed by atoms with Gasteiger partial charge in [-0.3, -0.25) is 4.55 Å². The largest absolute Gasteiger partial charge is 0.370 e. The smallest absolute Gasteiger partial charge is 0.356 e. The normalized spacial score (nSPS) is 12.3. The Morgan fingerprint density at radius 2 is 1.72 bits per heavy atom. The molecule has 0 saturated carbocycles. The Balaban J connectivity index is 1.82. The summed E-state index contributed by atoms with van der Waals surface area (Å²) in [7, 11) is -4.54. The number of rotatable bonds is 5. The predicted molar refractivity (Wildman–Crippen MR) is 112 cm³/mol. The van der Waals surface area contributed by atoms with E-state index in [-0.39, 0.29) is 10.5 Å². The lowest BCUT2D eigenvalue weighted by atomic mass is 10.0. The first-order valence-electron chi connectivity index (χ1n) is 8.78. The van der Waals surface area contributed by atoms with Crippen LogP contribution in [-0.4, -0.2) is 34.2 Å². The van der Waals surface area contributed by atoms with Crippen LogP contribution in [0.3, 0.4) is 0 Å². The second-order valence-corrected chi connectivity index (χ2v) is 8.97. The van der Waals surface area contributed by atoms with Crippen molar-refractivity contribution in [2.24, 2.45) is 5.90 Å². The van der Waals surface area contributed by atoms with Gasteiger partial charge in [0, 0.05) is 21.4 Å². The average molecular weight is 473 g/mol. The summed E-state index contributed by atoms with van der Waals surface area (Å²) in [5, 5.41) is 12.9. The Morgan fingerprint density at radius 1 is 1.00 bits per heavy atom. The van der Waals surface area contributed by atoms with Gasteiger partial charge in [0.25, 0.3) is 10.1 Å². The summed E-state index contributed by atoms with van der Waals surface area (Å²) in [4.78, 5) is 25.9. The minimum atomic E-state index is -4.54. The van der Waals surface area contributed by atoms with Gasteiger partial charge in [0.05, 0.1) is 44.9 Å². The van der Waals surface area contributed by atoms with E-state index in [1.807, 2.05) is 0 Å². The molecule has 13 heteroatoms. The summed E-state index contributed by atoms with van der Waals surface area (Å²) < 4.78 is 37.8. The van der Waals surface area contributed by atoms with Crippen LogP contribution in [0.2, 0.25) is 0 Å². The Hall–Kier alpha value is -3.17. The predicted octanol–water partition coefficient (Wildman–Crippen LogP) is 3.14. The average Bonchev–Trinajstić information content (AvgIpc) is 3.08. The van der Waals surface area contributed by atoms with Crippen molar-refractivity contribution >= 4 is 49.9 Å². The zero-order chi connectivity index (χ0) is 22.6. The van der Waals surface area contributed by atoms with Crippen molar-refractivity contribution in [2.45, 2.75) is 9.79 Å². The van der Waals surface area contributed by atoms with Crippen LogP contribution in [0.15, 0.2) is 52.3 Å². The first-order valence-corrected chi connectivity index (χ1v) is 11.0. The van der Waals surface area contributed by atoms with Crippen molar-refractivity contribution in [1.82, 2.24) is 9.97 Å². The lowest BCUT2D eigenvalue weighted by molar-refractivity contribution is -0.432. The number of hydrogen-bond acceptors (Lipinski definition) is 11. The molecule has 1 aliphatic rings. The van der Waals surface area contributed by atoms with E-state index >= 15 is 0 Å². The Morgan fingerprint density at radius 3 is 2.41 bits per heavy atom. The van der Waals surface area contributed by atoms with E-state index in [1.165, 1.54) is 24.3 Å². The summed E-state index contributed by atoms with van der Waals surface area (Å²) >= 11 is 0.755. The summed E-state index contributed by atoms with van der Waals surface area (Å²) in [5.74, 6) is 4.19. The molecule has 0 fully saturated rings. The molecule has 32 heavy (non-hydrogen) atoms. The highest BCUT2D eigenvalue weighted by molar-refractivity contribution is 7.94. The molecule has 0 amide bonds. The van der Waals surface area contributed by atoms with Crippen LogP contribution in [0.4, 0.5) is 0 Å². The van der Waals surface area contributed by atoms with Gasteiger partial charge >= 0.3 is 5.97 Å².